The van der Waals surface area contributed by atoms with Gasteiger partial charge in [0, 0.05) is 57.1 Å². The molecule has 10 heteroatoms. The molecule has 1 aromatic heterocycles. The third-order valence-corrected chi connectivity index (χ3v) is 5.31. The Balaban J connectivity index is 0.000000672. The average Bonchev–Trinajstić information content (AvgIpc) is 3.26. The highest BCUT2D eigenvalue weighted by atomic mass is 16.5. The van der Waals surface area contributed by atoms with Gasteiger partial charge < -0.3 is 24.7 Å². The van der Waals surface area contributed by atoms with Crippen LogP contribution in [0.5, 0.6) is 0 Å². The summed E-state index contributed by atoms with van der Waals surface area (Å²) in [6, 6.07) is 0.490. The fourth-order valence-corrected chi connectivity index (χ4v) is 3.65. The number of ether oxygens (including phenoxy) is 1. The van der Waals surface area contributed by atoms with Crippen LogP contribution in [-0.2, 0) is 14.3 Å². The molecule has 30 heavy (non-hydrogen) atoms. The van der Waals surface area contributed by atoms with Gasteiger partial charge in [0.1, 0.15) is 5.82 Å². The lowest BCUT2D eigenvalue weighted by Gasteiger charge is -2.35. The fourth-order valence-electron chi connectivity index (χ4n) is 3.65. The van der Waals surface area contributed by atoms with Crippen molar-refractivity contribution in [3.05, 3.63) is 11.3 Å². The van der Waals surface area contributed by atoms with Gasteiger partial charge in [0.15, 0.2) is 0 Å². The molecule has 1 aromatic rings. The van der Waals surface area contributed by atoms with Gasteiger partial charge in [0.05, 0.1) is 13.2 Å². The summed E-state index contributed by atoms with van der Waals surface area (Å²) in [5.74, 6) is 1.97. The lowest BCUT2D eigenvalue weighted by Crippen LogP contribution is -2.47. The zero-order valence-electron chi connectivity index (χ0n) is 18.5. The van der Waals surface area contributed by atoms with Gasteiger partial charge in [-0.25, -0.2) is 4.98 Å². The maximum absolute atomic E-state index is 8.36. The zero-order chi connectivity index (χ0) is 22.5. The van der Waals surface area contributed by atoms with E-state index in [1.165, 1.54) is 18.4 Å². The summed E-state index contributed by atoms with van der Waals surface area (Å²) in [6.07, 6.45) is 2.49. The van der Waals surface area contributed by atoms with E-state index in [4.69, 9.17) is 34.5 Å². The summed E-state index contributed by atoms with van der Waals surface area (Å²) in [7, 11) is 2.15. The van der Waals surface area contributed by atoms with Crippen molar-refractivity contribution in [1.82, 2.24) is 14.9 Å². The van der Waals surface area contributed by atoms with E-state index in [0.29, 0.717) is 6.04 Å². The summed E-state index contributed by atoms with van der Waals surface area (Å²) in [5, 5.41) is 13.8. The second-order valence-electron chi connectivity index (χ2n) is 7.34. The molecule has 0 aliphatic carbocycles. The number of aromatic nitrogens is 2. The van der Waals surface area contributed by atoms with Crippen molar-refractivity contribution in [2.75, 3.05) is 62.8 Å². The van der Waals surface area contributed by atoms with Gasteiger partial charge in [-0.3, -0.25) is 14.5 Å². The van der Waals surface area contributed by atoms with Crippen LogP contribution in [0.4, 0.5) is 11.8 Å². The Morgan fingerprint density at radius 3 is 2.13 bits per heavy atom. The predicted molar refractivity (Wildman–Crippen MR) is 115 cm³/mol. The van der Waals surface area contributed by atoms with Crippen LogP contribution < -0.4 is 9.80 Å². The van der Waals surface area contributed by atoms with Crippen molar-refractivity contribution < 1.29 is 24.5 Å². The Morgan fingerprint density at radius 2 is 1.60 bits per heavy atom. The quantitative estimate of drug-likeness (QED) is 0.667. The van der Waals surface area contributed by atoms with Gasteiger partial charge >= 0.3 is 0 Å². The fraction of sp³-hybridized carbons (Fsp3) is 0.700. The van der Waals surface area contributed by atoms with E-state index in [0.717, 1.165) is 63.4 Å². The summed E-state index contributed by atoms with van der Waals surface area (Å²) in [5.41, 5.74) is 2.28. The first kappa shape index (κ1) is 25.6. The molecule has 1 unspecified atom stereocenters. The Bertz CT molecular complexity index is 643. The highest BCUT2D eigenvalue weighted by Gasteiger charge is 2.22. The SMILES string of the molecule is Cc1nc(N2CCCC2)nc(N(C)CC(C)N2CCOCC2)c1C.O=CO.O=CO. The number of rotatable bonds is 5. The van der Waals surface area contributed by atoms with Gasteiger partial charge in [-0.1, -0.05) is 0 Å². The topological polar surface area (TPSA) is 119 Å². The first-order valence-corrected chi connectivity index (χ1v) is 10.2. The van der Waals surface area contributed by atoms with Crippen molar-refractivity contribution in [3.8, 4) is 0 Å². The van der Waals surface area contributed by atoms with Gasteiger partial charge in [0.2, 0.25) is 5.95 Å². The average molecular weight is 426 g/mol. The van der Waals surface area contributed by atoms with E-state index in [2.05, 4.69) is 42.5 Å². The molecule has 2 aliphatic rings. The van der Waals surface area contributed by atoms with Crippen LogP contribution in [0.2, 0.25) is 0 Å². The number of anilines is 2. The third-order valence-electron chi connectivity index (χ3n) is 5.31. The molecule has 0 spiro atoms. The number of hydrogen-bond acceptors (Lipinski definition) is 8. The first-order chi connectivity index (χ1) is 14.4. The molecule has 2 aliphatic heterocycles. The Hall–Kier alpha value is -2.46. The van der Waals surface area contributed by atoms with Gasteiger partial charge in [-0.2, -0.15) is 4.98 Å². The van der Waals surface area contributed by atoms with Crippen molar-refractivity contribution >= 4 is 24.7 Å². The van der Waals surface area contributed by atoms with Crippen LogP contribution >= 0.6 is 0 Å². The number of carboxylic acid groups (broad SMARTS) is 2. The van der Waals surface area contributed by atoms with Crippen LogP contribution in [0, 0.1) is 13.8 Å². The van der Waals surface area contributed by atoms with Crippen molar-refractivity contribution in [1.29, 1.82) is 0 Å². The molecule has 3 rings (SSSR count). The molecule has 2 fully saturated rings. The molecule has 170 valence electrons. The zero-order valence-corrected chi connectivity index (χ0v) is 18.5. The molecule has 0 saturated carbocycles. The van der Waals surface area contributed by atoms with E-state index < -0.39 is 0 Å². The van der Waals surface area contributed by atoms with Crippen LogP contribution in [0.25, 0.3) is 0 Å². The maximum atomic E-state index is 8.36. The first-order valence-electron chi connectivity index (χ1n) is 10.2. The van der Waals surface area contributed by atoms with Gasteiger partial charge in [-0.05, 0) is 33.6 Å². The van der Waals surface area contributed by atoms with E-state index in [9.17, 15) is 0 Å². The summed E-state index contributed by atoms with van der Waals surface area (Å²) in [4.78, 5) is 33.5. The Labute approximate surface area is 178 Å². The second-order valence-corrected chi connectivity index (χ2v) is 7.34. The molecular weight excluding hydrogens is 390 g/mol. The molecule has 0 aromatic carbocycles. The van der Waals surface area contributed by atoms with Crippen molar-refractivity contribution in [2.24, 2.45) is 0 Å². The van der Waals surface area contributed by atoms with E-state index in [1.807, 2.05) is 0 Å². The molecule has 2 N–H and O–H groups in total. The van der Waals surface area contributed by atoms with Crippen LogP contribution in [0.1, 0.15) is 31.0 Å². The minimum atomic E-state index is -0.250. The van der Waals surface area contributed by atoms with E-state index >= 15 is 0 Å². The summed E-state index contributed by atoms with van der Waals surface area (Å²) in [6.45, 7) is 12.9. The van der Waals surface area contributed by atoms with Crippen LogP contribution in [0.3, 0.4) is 0 Å². The number of aryl methyl sites for hydroxylation is 1. The molecule has 0 bridgehead atoms. The minimum absolute atomic E-state index is 0.250. The van der Waals surface area contributed by atoms with Gasteiger partial charge in [0.25, 0.3) is 12.9 Å². The Morgan fingerprint density at radius 1 is 1.07 bits per heavy atom. The molecular formula is C20H35N5O5. The van der Waals surface area contributed by atoms with Crippen molar-refractivity contribution in [3.63, 3.8) is 0 Å². The summed E-state index contributed by atoms with van der Waals surface area (Å²) >= 11 is 0. The normalized spacial score (nSPS) is 17.1. The van der Waals surface area contributed by atoms with Crippen LogP contribution in [0.15, 0.2) is 0 Å². The number of morpholine rings is 1. The molecule has 1 atom stereocenters. The lowest BCUT2D eigenvalue weighted by atomic mass is 10.2. The number of hydrogen-bond donors (Lipinski definition) is 2. The minimum Gasteiger partial charge on any atom is -0.483 e. The number of nitrogens with zero attached hydrogens (tertiary/aromatic N) is 5. The largest absolute Gasteiger partial charge is 0.483 e. The smallest absolute Gasteiger partial charge is 0.290 e. The lowest BCUT2D eigenvalue weighted by molar-refractivity contribution is -0.123. The Kier molecular flexibility index (Phi) is 11.7. The third kappa shape index (κ3) is 7.75. The second kappa shape index (κ2) is 13.7. The molecule has 2 saturated heterocycles. The van der Waals surface area contributed by atoms with Crippen LogP contribution in [-0.4, -0.2) is 97.1 Å². The van der Waals surface area contributed by atoms with E-state index in [1.54, 1.807) is 0 Å². The monoisotopic (exact) mass is 425 g/mol. The number of likely N-dealkylation sites (N-methyl/N-ethyl adjacent to an activating group) is 1. The summed E-state index contributed by atoms with van der Waals surface area (Å²) < 4.78 is 5.47. The number of carbonyl (C=O) groups is 2. The van der Waals surface area contributed by atoms with Gasteiger partial charge in [-0.15, -0.1) is 0 Å². The molecule has 0 radical (unpaired) electrons. The van der Waals surface area contributed by atoms with Crippen molar-refractivity contribution in [2.45, 2.75) is 39.7 Å². The molecule has 10 nitrogen and oxygen atoms in total. The highest BCUT2D eigenvalue weighted by Crippen LogP contribution is 2.24. The molecule has 0 amide bonds. The highest BCUT2D eigenvalue weighted by molar-refractivity contribution is 5.52. The maximum Gasteiger partial charge on any atom is 0.290 e. The molecule has 3 heterocycles. The standard InChI is InChI=1S/C18H31N5O.2CH2O2/c1-14(22-9-11-24-12-10-22)13-21(4)17-15(2)16(3)19-18(20-17)23-7-5-6-8-23;2*2-1-3/h14H,5-13H2,1-4H3;2*1H,(H,2,3). The predicted octanol–water partition coefficient (Wildman–Crippen LogP) is 1.25. The van der Waals surface area contributed by atoms with E-state index in [-0.39, 0.29) is 12.9 Å².